The largest absolute Gasteiger partial charge is 0.418 e. The summed E-state index contributed by atoms with van der Waals surface area (Å²) >= 11 is 0. The number of alkyl halides is 3. The molecule has 3 nitrogen and oxygen atoms in total. The number of anilines is 1. The molecule has 142 valence electrons. The summed E-state index contributed by atoms with van der Waals surface area (Å²) in [5.41, 5.74) is 1.34. The number of hydrogen-bond acceptors (Lipinski definition) is 1. The zero-order valence-corrected chi connectivity index (χ0v) is 14.8. The maximum Gasteiger partial charge on any atom is 0.418 e. The van der Waals surface area contributed by atoms with Crippen LogP contribution in [0.25, 0.3) is 0 Å². The van der Waals surface area contributed by atoms with Gasteiger partial charge in [-0.1, -0.05) is 19.1 Å². The van der Waals surface area contributed by atoms with Crippen LogP contribution < -0.4 is 5.32 Å². The standard InChI is InChI=1S/C20H18F4N2O/c1-19-6-11(8-21)12(7-19)17-14(19)4-3-5-16(17)25-18(27)13-9-26(2)10-15(13)20(22,23)24/h3-5,8-10,12H,6-7H2,1-2H3,(H,25,27)/b11-8-. The van der Waals surface area contributed by atoms with E-state index in [-0.39, 0.29) is 11.3 Å². The van der Waals surface area contributed by atoms with Gasteiger partial charge >= 0.3 is 6.18 Å². The van der Waals surface area contributed by atoms with Gasteiger partial charge in [0.15, 0.2) is 0 Å². The zero-order valence-electron chi connectivity index (χ0n) is 14.8. The highest BCUT2D eigenvalue weighted by atomic mass is 19.4. The minimum absolute atomic E-state index is 0.149. The molecule has 2 bridgehead atoms. The molecular weight excluding hydrogens is 360 g/mol. The van der Waals surface area contributed by atoms with Crippen molar-refractivity contribution in [1.29, 1.82) is 0 Å². The van der Waals surface area contributed by atoms with Gasteiger partial charge in [0, 0.05) is 31.0 Å². The van der Waals surface area contributed by atoms with Crippen LogP contribution in [0.2, 0.25) is 0 Å². The Morgan fingerprint density at radius 1 is 1.33 bits per heavy atom. The fraction of sp³-hybridized carbons (Fsp3) is 0.350. The van der Waals surface area contributed by atoms with Crippen molar-refractivity contribution in [2.45, 2.75) is 37.3 Å². The molecule has 1 fully saturated rings. The van der Waals surface area contributed by atoms with E-state index in [1.807, 2.05) is 13.0 Å². The SMILES string of the molecule is Cn1cc(C(=O)Nc2cccc3c2C2CC3(C)C/C2=C/F)c(C(F)(F)F)c1. The molecule has 1 heterocycles. The van der Waals surface area contributed by atoms with Crippen LogP contribution in [0.3, 0.4) is 0 Å². The molecule has 2 unspecified atom stereocenters. The zero-order chi connectivity index (χ0) is 19.6. The summed E-state index contributed by atoms with van der Waals surface area (Å²) in [6.45, 7) is 2.05. The molecule has 4 rings (SSSR count). The number of halogens is 4. The lowest BCUT2D eigenvalue weighted by Gasteiger charge is -2.26. The number of amides is 1. The molecule has 0 spiro atoms. The predicted molar refractivity (Wildman–Crippen MR) is 93.3 cm³/mol. The summed E-state index contributed by atoms with van der Waals surface area (Å²) in [7, 11) is 1.43. The Morgan fingerprint density at radius 2 is 2.07 bits per heavy atom. The summed E-state index contributed by atoms with van der Waals surface area (Å²) in [5.74, 6) is -0.973. The van der Waals surface area contributed by atoms with Crippen LogP contribution in [0, 0.1) is 0 Å². The summed E-state index contributed by atoms with van der Waals surface area (Å²) in [5, 5.41) is 2.63. The van der Waals surface area contributed by atoms with E-state index in [4.69, 9.17) is 0 Å². The smallest absolute Gasteiger partial charge is 0.356 e. The summed E-state index contributed by atoms with van der Waals surface area (Å²) in [6.07, 6.45) is -0.599. The molecule has 1 amide bonds. The van der Waals surface area contributed by atoms with Gasteiger partial charge in [0.05, 0.1) is 17.5 Å². The van der Waals surface area contributed by atoms with E-state index in [1.165, 1.54) is 11.6 Å². The van der Waals surface area contributed by atoms with E-state index in [1.54, 1.807) is 12.1 Å². The highest BCUT2D eigenvalue weighted by Crippen LogP contribution is 2.61. The van der Waals surface area contributed by atoms with Crippen LogP contribution in [0.5, 0.6) is 0 Å². The van der Waals surface area contributed by atoms with Gasteiger partial charge in [0.2, 0.25) is 0 Å². The van der Waals surface area contributed by atoms with Crippen molar-refractivity contribution in [3.8, 4) is 0 Å². The van der Waals surface area contributed by atoms with E-state index in [9.17, 15) is 22.4 Å². The molecule has 0 radical (unpaired) electrons. The lowest BCUT2D eigenvalue weighted by atomic mass is 9.79. The second kappa shape index (κ2) is 5.71. The van der Waals surface area contributed by atoms with Gasteiger partial charge in [0.25, 0.3) is 5.91 Å². The Bertz CT molecular complexity index is 973. The van der Waals surface area contributed by atoms with Crippen molar-refractivity contribution in [3.05, 3.63) is 64.7 Å². The fourth-order valence-electron chi connectivity index (χ4n) is 4.59. The number of carbonyl (C=O) groups excluding carboxylic acids is 1. The lowest BCUT2D eigenvalue weighted by Crippen LogP contribution is -2.20. The van der Waals surface area contributed by atoms with Crippen LogP contribution >= 0.6 is 0 Å². The van der Waals surface area contributed by atoms with Crippen LogP contribution in [0.4, 0.5) is 23.2 Å². The summed E-state index contributed by atoms with van der Waals surface area (Å²) < 4.78 is 54.1. The van der Waals surface area contributed by atoms with Gasteiger partial charge in [-0.05, 0) is 41.0 Å². The Balaban J connectivity index is 1.73. The first-order chi connectivity index (χ1) is 12.6. The first-order valence-corrected chi connectivity index (χ1v) is 8.61. The number of hydrogen-bond donors (Lipinski definition) is 1. The molecule has 1 N–H and O–H groups in total. The van der Waals surface area contributed by atoms with Crippen LogP contribution in [-0.2, 0) is 18.6 Å². The van der Waals surface area contributed by atoms with Gasteiger partial charge in [-0.3, -0.25) is 4.79 Å². The first-order valence-electron chi connectivity index (χ1n) is 8.61. The van der Waals surface area contributed by atoms with E-state index in [0.717, 1.165) is 29.9 Å². The van der Waals surface area contributed by atoms with Gasteiger partial charge < -0.3 is 9.88 Å². The number of allylic oxidation sites excluding steroid dienone is 1. The van der Waals surface area contributed by atoms with E-state index in [0.29, 0.717) is 24.0 Å². The molecule has 2 aliphatic rings. The Kier molecular flexibility index (Phi) is 3.77. The Labute approximate surface area is 153 Å². The van der Waals surface area contributed by atoms with E-state index in [2.05, 4.69) is 5.32 Å². The highest BCUT2D eigenvalue weighted by molar-refractivity contribution is 6.06. The van der Waals surface area contributed by atoms with Crippen molar-refractivity contribution in [3.63, 3.8) is 0 Å². The number of rotatable bonds is 2. The second-order valence-corrected chi connectivity index (χ2v) is 7.65. The average Bonchev–Trinajstić information content (AvgIpc) is 3.23. The molecule has 1 aromatic heterocycles. The van der Waals surface area contributed by atoms with Crippen molar-refractivity contribution >= 4 is 11.6 Å². The third-order valence-corrected chi connectivity index (χ3v) is 5.70. The molecule has 0 saturated heterocycles. The number of benzene rings is 1. The third kappa shape index (κ3) is 2.67. The highest BCUT2D eigenvalue weighted by Gasteiger charge is 2.50. The number of nitrogens with one attached hydrogen (secondary N) is 1. The first kappa shape index (κ1) is 17.8. The number of aromatic nitrogens is 1. The number of carbonyl (C=O) groups is 1. The summed E-state index contributed by atoms with van der Waals surface area (Å²) in [6, 6.07) is 5.38. The molecule has 2 aliphatic carbocycles. The number of nitrogens with zero attached hydrogens (tertiary/aromatic N) is 1. The van der Waals surface area contributed by atoms with Crippen LogP contribution in [-0.4, -0.2) is 10.5 Å². The Hall–Kier alpha value is -2.57. The molecular formula is C20H18F4N2O. The second-order valence-electron chi connectivity index (χ2n) is 7.65. The van der Waals surface area contributed by atoms with Crippen molar-refractivity contribution in [2.75, 3.05) is 5.32 Å². The Morgan fingerprint density at radius 3 is 2.74 bits per heavy atom. The van der Waals surface area contributed by atoms with Crippen LogP contribution in [0.1, 0.15) is 52.7 Å². The van der Waals surface area contributed by atoms with Crippen molar-refractivity contribution < 1.29 is 22.4 Å². The lowest BCUT2D eigenvalue weighted by molar-refractivity contribution is -0.137. The maximum atomic E-state index is 13.3. The molecule has 0 aliphatic heterocycles. The minimum atomic E-state index is -4.62. The van der Waals surface area contributed by atoms with E-state index < -0.39 is 23.2 Å². The van der Waals surface area contributed by atoms with Crippen LogP contribution in [0.15, 0.2) is 42.5 Å². The topological polar surface area (TPSA) is 34.0 Å². The summed E-state index contributed by atoms with van der Waals surface area (Å²) in [4.78, 5) is 12.6. The minimum Gasteiger partial charge on any atom is -0.356 e. The maximum absolute atomic E-state index is 13.3. The quantitative estimate of drug-likeness (QED) is 0.707. The van der Waals surface area contributed by atoms with Gasteiger partial charge in [-0.2, -0.15) is 13.2 Å². The normalized spacial score (nSPS) is 25.1. The monoisotopic (exact) mass is 378 g/mol. The molecule has 27 heavy (non-hydrogen) atoms. The van der Waals surface area contributed by atoms with Gasteiger partial charge in [0.1, 0.15) is 0 Å². The molecule has 1 saturated carbocycles. The number of fused-ring (bicyclic) bond motifs is 5. The average molecular weight is 378 g/mol. The van der Waals surface area contributed by atoms with Gasteiger partial charge in [-0.25, -0.2) is 4.39 Å². The number of aryl methyl sites for hydroxylation is 1. The van der Waals surface area contributed by atoms with Crippen molar-refractivity contribution in [1.82, 2.24) is 4.57 Å². The molecule has 1 aromatic carbocycles. The van der Waals surface area contributed by atoms with E-state index >= 15 is 0 Å². The fourth-order valence-corrected chi connectivity index (χ4v) is 4.59. The van der Waals surface area contributed by atoms with Crippen molar-refractivity contribution in [2.24, 2.45) is 7.05 Å². The molecule has 2 atom stereocenters. The molecule has 7 heteroatoms. The predicted octanol–water partition coefficient (Wildman–Crippen LogP) is 5.30. The van der Waals surface area contributed by atoms with Gasteiger partial charge in [-0.15, -0.1) is 0 Å². The molecule has 2 aromatic rings. The third-order valence-electron chi connectivity index (χ3n) is 5.70.